The molecule has 0 saturated carbocycles. The van der Waals surface area contributed by atoms with Gasteiger partial charge in [-0.05, 0) is 58.6 Å². The lowest BCUT2D eigenvalue weighted by atomic mass is 10.0. The van der Waals surface area contributed by atoms with Gasteiger partial charge in [0.15, 0.2) is 7.14 Å². The summed E-state index contributed by atoms with van der Waals surface area (Å²) < 4.78 is 28.1. The molecule has 158 valence electrons. The molecule has 6 rings (SSSR count). The van der Waals surface area contributed by atoms with Crippen LogP contribution >= 0.6 is 7.14 Å². The Morgan fingerprint density at radius 1 is 0.697 bits per heavy atom. The van der Waals surface area contributed by atoms with Gasteiger partial charge in [0.1, 0.15) is 11.2 Å². The predicted octanol–water partition coefficient (Wildman–Crippen LogP) is 5.56. The van der Waals surface area contributed by atoms with Gasteiger partial charge in [-0.3, -0.25) is 4.98 Å². The molecule has 4 nitrogen and oxygen atoms in total. The SMILES string of the molecule is [2H]c1ccc(Oc2cccc(-c3ccc4c(c3)P(=O)(c3ccccn3)c3ccccc3-4)c2)nc1. The molecule has 1 atom stereocenters. The number of pyridine rings is 2. The molecule has 0 fully saturated rings. The Morgan fingerprint density at radius 3 is 2.39 bits per heavy atom. The number of aromatic nitrogens is 2. The van der Waals surface area contributed by atoms with Gasteiger partial charge >= 0.3 is 0 Å². The molecule has 33 heavy (non-hydrogen) atoms. The van der Waals surface area contributed by atoms with Crippen LogP contribution in [0.25, 0.3) is 22.3 Å². The normalized spacial score (nSPS) is 16.5. The second-order valence-corrected chi connectivity index (χ2v) is 10.4. The molecule has 0 aliphatic carbocycles. The fourth-order valence-corrected chi connectivity index (χ4v) is 7.28. The minimum absolute atomic E-state index is 0.331. The predicted molar refractivity (Wildman–Crippen MR) is 132 cm³/mol. The Labute approximate surface area is 193 Å². The maximum absolute atomic E-state index is 14.7. The zero-order valence-electron chi connectivity index (χ0n) is 18.6. The fourth-order valence-electron chi connectivity index (χ4n) is 4.32. The van der Waals surface area contributed by atoms with Crippen molar-refractivity contribution in [1.29, 1.82) is 0 Å². The summed E-state index contributed by atoms with van der Waals surface area (Å²) in [5.41, 5.74) is 4.47. The topological polar surface area (TPSA) is 52.1 Å². The summed E-state index contributed by atoms with van der Waals surface area (Å²) >= 11 is 0. The van der Waals surface area contributed by atoms with E-state index in [1.54, 1.807) is 18.3 Å². The molecule has 3 aromatic carbocycles. The second-order valence-electron chi connectivity index (χ2n) is 7.77. The van der Waals surface area contributed by atoms with Crippen LogP contribution in [-0.2, 0) is 4.57 Å². The molecule has 1 unspecified atom stereocenters. The van der Waals surface area contributed by atoms with Crippen LogP contribution in [0.1, 0.15) is 1.37 Å². The number of hydrogen-bond donors (Lipinski definition) is 0. The summed E-state index contributed by atoms with van der Waals surface area (Å²) in [4.78, 5) is 8.64. The van der Waals surface area contributed by atoms with E-state index < -0.39 is 7.14 Å². The first-order valence-electron chi connectivity index (χ1n) is 11.1. The monoisotopic (exact) mass is 447 g/mol. The highest BCUT2D eigenvalue weighted by atomic mass is 31.2. The summed E-state index contributed by atoms with van der Waals surface area (Å²) in [6.45, 7) is 0. The smallest absolute Gasteiger partial charge is 0.219 e. The molecule has 0 saturated heterocycles. The van der Waals surface area contributed by atoms with Gasteiger partial charge in [-0.25, -0.2) is 4.98 Å². The van der Waals surface area contributed by atoms with Crippen LogP contribution in [0, 0.1) is 0 Å². The van der Waals surface area contributed by atoms with Crippen LogP contribution in [-0.4, -0.2) is 9.97 Å². The molecule has 0 bridgehead atoms. The Balaban J connectivity index is 1.45. The van der Waals surface area contributed by atoms with Gasteiger partial charge in [0, 0.05) is 29.1 Å². The van der Waals surface area contributed by atoms with Gasteiger partial charge in [-0.1, -0.05) is 60.7 Å². The molecular formula is C28H19N2O2P. The number of nitrogens with zero attached hydrogens (tertiary/aromatic N) is 2. The van der Waals surface area contributed by atoms with Crippen molar-refractivity contribution in [1.82, 2.24) is 9.97 Å². The summed E-state index contributed by atoms with van der Waals surface area (Å²) in [6.07, 6.45) is 3.15. The van der Waals surface area contributed by atoms with Crippen LogP contribution in [0.2, 0.25) is 0 Å². The van der Waals surface area contributed by atoms with Gasteiger partial charge in [-0.2, -0.15) is 0 Å². The number of rotatable bonds is 4. The van der Waals surface area contributed by atoms with E-state index in [4.69, 9.17) is 6.11 Å². The zero-order chi connectivity index (χ0) is 23.1. The van der Waals surface area contributed by atoms with E-state index in [1.807, 2.05) is 78.9 Å². The van der Waals surface area contributed by atoms with E-state index in [-0.39, 0.29) is 0 Å². The highest BCUT2D eigenvalue weighted by Gasteiger charge is 2.41. The Kier molecular flexibility index (Phi) is 4.41. The van der Waals surface area contributed by atoms with Crippen LogP contribution in [0.15, 0.2) is 115 Å². The number of hydrogen-bond acceptors (Lipinski definition) is 4. The van der Waals surface area contributed by atoms with Crippen LogP contribution < -0.4 is 20.8 Å². The average molecular weight is 447 g/mol. The van der Waals surface area contributed by atoms with Crippen molar-refractivity contribution in [2.24, 2.45) is 0 Å². The number of ether oxygens (including phenoxy) is 1. The van der Waals surface area contributed by atoms with E-state index >= 15 is 0 Å². The van der Waals surface area contributed by atoms with Gasteiger partial charge in [0.2, 0.25) is 5.88 Å². The van der Waals surface area contributed by atoms with Crippen molar-refractivity contribution < 1.29 is 10.7 Å². The maximum Gasteiger partial charge on any atom is 0.219 e. The third kappa shape index (κ3) is 3.27. The van der Waals surface area contributed by atoms with E-state index in [0.717, 1.165) is 32.9 Å². The molecule has 1 aliphatic heterocycles. The van der Waals surface area contributed by atoms with Crippen molar-refractivity contribution in [3.05, 3.63) is 115 Å². The van der Waals surface area contributed by atoms with Crippen LogP contribution in [0.3, 0.4) is 0 Å². The van der Waals surface area contributed by atoms with E-state index in [9.17, 15) is 4.57 Å². The molecule has 1 aliphatic rings. The van der Waals surface area contributed by atoms with Gasteiger partial charge in [0.05, 0.1) is 1.37 Å². The molecule has 0 amide bonds. The molecule has 3 heterocycles. The van der Waals surface area contributed by atoms with Gasteiger partial charge in [-0.15, -0.1) is 0 Å². The zero-order valence-corrected chi connectivity index (χ0v) is 18.4. The first-order valence-corrected chi connectivity index (χ1v) is 12.3. The minimum Gasteiger partial charge on any atom is -0.439 e. The highest BCUT2D eigenvalue weighted by Crippen LogP contribution is 2.52. The first kappa shape index (κ1) is 18.6. The lowest BCUT2D eigenvalue weighted by Crippen LogP contribution is -2.23. The van der Waals surface area contributed by atoms with Gasteiger partial charge in [0.25, 0.3) is 0 Å². The van der Waals surface area contributed by atoms with E-state index in [2.05, 4.69) is 16.0 Å². The molecular weight excluding hydrogens is 427 g/mol. The molecule has 5 aromatic rings. The van der Waals surface area contributed by atoms with Crippen LogP contribution in [0.5, 0.6) is 11.6 Å². The summed E-state index contributed by atoms with van der Waals surface area (Å²) in [7, 11) is -3.09. The minimum atomic E-state index is -3.09. The highest BCUT2D eigenvalue weighted by molar-refractivity contribution is 7.86. The third-order valence-corrected chi connectivity index (χ3v) is 8.85. The van der Waals surface area contributed by atoms with Crippen LogP contribution in [0.4, 0.5) is 0 Å². The Bertz CT molecular complexity index is 1570. The fraction of sp³-hybridized carbons (Fsp3) is 0. The van der Waals surface area contributed by atoms with E-state index in [0.29, 0.717) is 23.1 Å². The Morgan fingerprint density at radius 2 is 1.55 bits per heavy atom. The van der Waals surface area contributed by atoms with Crippen molar-refractivity contribution in [2.75, 3.05) is 0 Å². The summed E-state index contributed by atoms with van der Waals surface area (Å²) in [6, 6.07) is 31.0. The molecule has 0 N–H and O–H groups in total. The lowest BCUT2D eigenvalue weighted by Gasteiger charge is -2.15. The molecule has 0 spiro atoms. The quantitative estimate of drug-likeness (QED) is 0.332. The van der Waals surface area contributed by atoms with Crippen molar-refractivity contribution >= 4 is 23.2 Å². The summed E-state index contributed by atoms with van der Waals surface area (Å²) in [5, 5.41) is 1.64. The maximum atomic E-state index is 14.7. The van der Waals surface area contributed by atoms with Gasteiger partial charge < -0.3 is 9.30 Å². The third-order valence-electron chi connectivity index (χ3n) is 5.82. The van der Waals surface area contributed by atoms with Crippen molar-refractivity contribution in [2.45, 2.75) is 0 Å². The first-order chi connectivity index (χ1) is 16.6. The number of fused-ring (bicyclic) bond motifs is 3. The standard InChI is InChI=1S/C28H19N2O2P/c31-33(28-13-4-6-17-30-28)25-11-2-1-10-23(25)24-15-14-21(19-26(24)33)20-8-7-9-22(18-20)32-27-12-3-5-16-29-27/h1-19H/i5D. The largest absolute Gasteiger partial charge is 0.439 e. The molecule has 2 aromatic heterocycles. The lowest BCUT2D eigenvalue weighted by molar-refractivity contribution is 0.463. The average Bonchev–Trinajstić information content (AvgIpc) is 3.15. The molecule has 0 radical (unpaired) electrons. The van der Waals surface area contributed by atoms with E-state index in [1.165, 1.54) is 6.20 Å². The number of benzene rings is 3. The Hall–Kier alpha value is -4.01. The molecule has 5 heteroatoms. The summed E-state index contributed by atoms with van der Waals surface area (Å²) in [5.74, 6) is 1.07. The second kappa shape index (κ2) is 7.84. The van der Waals surface area contributed by atoms with Crippen molar-refractivity contribution in [3.63, 3.8) is 0 Å². The van der Waals surface area contributed by atoms with Crippen molar-refractivity contribution in [3.8, 4) is 33.9 Å².